The molecule has 0 aliphatic rings. The van der Waals surface area contributed by atoms with E-state index in [-0.39, 0.29) is 24.4 Å². The number of carbonyl (C=O) groups excluding carboxylic acids is 1. The fraction of sp³-hybridized carbons (Fsp3) is 0.211. The second kappa shape index (κ2) is 7.77. The van der Waals surface area contributed by atoms with Crippen molar-refractivity contribution in [1.82, 2.24) is 15.5 Å². The van der Waals surface area contributed by atoms with Gasteiger partial charge in [0.1, 0.15) is 11.6 Å². The van der Waals surface area contributed by atoms with Crippen LogP contribution in [0.1, 0.15) is 30.1 Å². The zero-order valence-corrected chi connectivity index (χ0v) is 14.4. The van der Waals surface area contributed by atoms with Crippen LogP contribution in [-0.2, 0) is 6.54 Å². The van der Waals surface area contributed by atoms with E-state index in [1.807, 2.05) is 13.8 Å². The predicted molar refractivity (Wildman–Crippen MR) is 93.1 cm³/mol. The zero-order chi connectivity index (χ0) is 18.5. The summed E-state index contributed by atoms with van der Waals surface area (Å²) in [7, 11) is 0. The summed E-state index contributed by atoms with van der Waals surface area (Å²) in [6, 6.07) is 13.2. The standard InChI is InChI=1S/C19H18FN3O3/c1-12(2)25-16-8-6-14(7-9-16)17-22-19(26-23-17)18(24)21-11-13-4-3-5-15(20)10-13/h3-10,12H,11H2,1-2H3,(H,21,24). The second-order valence-corrected chi connectivity index (χ2v) is 5.93. The Morgan fingerprint density at radius 1 is 1.23 bits per heavy atom. The Hall–Kier alpha value is -3.22. The van der Waals surface area contributed by atoms with Gasteiger partial charge in [0.2, 0.25) is 5.82 Å². The highest BCUT2D eigenvalue weighted by Crippen LogP contribution is 2.20. The summed E-state index contributed by atoms with van der Waals surface area (Å²) in [4.78, 5) is 16.2. The number of ether oxygens (including phenoxy) is 1. The molecule has 134 valence electrons. The number of hydrogen-bond acceptors (Lipinski definition) is 5. The van der Waals surface area contributed by atoms with E-state index < -0.39 is 5.91 Å². The first-order chi connectivity index (χ1) is 12.5. The molecule has 6 nitrogen and oxygen atoms in total. The predicted octanol–water partition coefficient (Wildman–Crippen LogP) is 3.59. The van der Waals surface area contributed by atoms with Gasteiger partial charge in [-0.1, -0.05) is 17.3 Å². The van der Waals surface area contributed by atoms with Crippen molar-refractivity contribution in [3.63, 3.8) is 0 Å². The van der Waals surface area contributed by atoms with E-state index in [1.54, 1.807) is 36.4 Å². The average Bonchev–Trinajstić information content (AvgIpc) is 3.10. The topological polar surface area (TPSA) is 77.2 Å². The molecule has 0 bridgehead atoms. The summed E-state index contributed by atoms with van der Waals surface area (Å²) >= 11 is 0. The third-order valence-electron chi connectivity index (χ3n) is 3.45. The smallest absolute Gasteiger partial charge is 0.316 e. The van der Waals surface area contributed by atoms with Gasteiger partial charge in [-0.2, -0.15) is 4.98 Å². The number of hydrogen-bond donors (Lipinski definition) is 1. The first-order valence-electron chi connectivity index (χ1n) is 8.14. The molecule has 0 fully saturated rings. The maximum atomic E-state index is 13.1. The second-order valence-electron chi connectivity index (χ2n) is 5.93. The molecular weight excluding hydrogens is 337 g/mol. The Morgan fingerprint density at radius 2 is 2.00 bits per heavy atom. The van der Waals surface area contributed by atoms with E-state index in [0.717, 1.165) is 5.75 Å². The summed E-state index contributed by atoms with van der Waals surface area (Å²) in [5, 5.41) is 6.44. The number of nitrogens with zero attached hydrogens (tertiary/aromatic N) is 2. The maximum Gasteiger partial charge on any atom is 0.316 e. The van der Waals surface area contributed by atoms with Crippen molar-refractivity contribution < 1.29 is 18.4 Å². The highest BCUT2D eigenvalue weighted by molar-refractivity contribution is 5.89. The molecule has 1 amide bonds. The van der Waals surface area contributed by atoms with Crippen LogP contribution in [0.25, 0.3) is 11.4 Å². The van der Waals surface area contributed by atoms with Crippen molar-refractivity contribution in [2.75, 3.05) is 0 Å². The van der Waals surface area contributed by atoms with Crippen molar-refractivity contribution >= 4 is 5.91 Å². The molecule has 2 aromatic carbocycles. The van der Waals surface area contributed by atoms with Crippen LogP contribution in [0, 0.1) is 5.82 Å². The molecular formula is C19H18FN3O3. The molecule has 3 rings (SSSR count). The van der Waals surface area contributed by atoms with Gasteiger partial charge < -0.3 is 14.6 Å². The van der Waals surface area contributed by atoms with Crippen LogP contribution in [0.15, 0.2) is 53.1 Å². The summed E-state index contributed by atoms with van der Waals surface area (Å²) in [5.74, 6) is 0.00529. The van der Waals surface area contributed by atoms with Gasteiger partial charge in [0.05, 0.1) is 6.10 Å². The molecule has 0 saturated carbocycles. The van der Waals surface area contributed by atoms with E-state index in [2.05, 4.69) is 15.5 Å². The van der Waals surface area contributed by atoms with Crippen LogP contribution in [-0.4, -0.2) is 22.2 Å². The normalized spacial score (nSPS) is 10.8. The van der Waals surface area contributed by atoms with Gasteiger partial charge in [-0.05, 0) is 55.8 Å². The summed E-state index contributed by atoms with van der Waals surface area (Å²) in [6.07, 6.45) is 0.0828. The molecule has 7 heteroatoms. The van der Waals surface area contributed by atoms with Crippen LogP contribution in [0.5, 0.6) is 5.75 Å². The molecule has 0 aliphatic heterocycles. The molecule has 0 radical (unpaired) electrons. The minimum atomic E-state index is -0.521. The number of nitrogens with one attached hydrogen (secondary N) is 1. The van der Waals surface area contributed by atoms with E-state index in [9.17, 15) is 9.18 Å². The van der Waals surface area contributed by atoms with Gasteiger partial charge in [0.15, 0.2) is 0 Å². The fourth-order valence-corrected chi connectivity index (χ4v) is 2.29. The number of rotatable bonds is 6. The lowest BCUT2D eigenvalue weighted by atomic mass is 10.2. The molecule has 0 spiro atoms. The van der Waals surface area contributed by atoms with Crippen molar-refractivity contribution in [3.05, 3.63) is 65.8 Å². The molecule has 1 N–H and O–H groups in total. The SMILES string of the molecule is CC(C)Oc1ccc(-c2noc(C(=O)NCc3cccc(F)c3)n2)cc1. The van der Waals surface area contributed by atoms with E-state index in [1.165, 1.54) is 12.1 Å². The average molecular weight is 355 g/mol. The molecule has 0 saturated heterocycles. The number of aromatic nitrogens is 2. The summed E-state index contributed by atoms with van der Waals surface area (Å²) in [6.45, 7) is 4.05. The Bertz CT molecular complexity index is 891. The number of halogens is 1. The van der Waals surface area contributed by atoms with Crippen LogP contribution >= 0.6 is 0 Å². The van der Waals surface area contributed by atoms with E-state index in [0.29, 0.717) is 17.0 Å². The first kappa shape index (κ1) is 17.6. The van der Waals surface area contributed by atoms with Crippen molar-refractivity contribution in [2.24, 2.45) is 0 Å². The third-order valence-corrected chi connectivity index (χ3v) is 3.45. The zero-order valence-electron chi connectivity index (χ0n) is 14.4. The monoisotopic (exact) mass is 355 g/mol. The first-order valence-corrected chi connectivity index (χ1v) is 8.14. The van der Waals surface area contributed by atoms with Crippen LogP contribution in [0.3, 0.4) is 0 Å². The van der Waals surface area contributed by atoms with Gasteiger partial charge in [-0.25, -0.2) is 4.39 Å². The number of amides is 1. The number of benzene rings is 2. The number of carbonyl (C=O) groups is 1. The lowest BCUT2D eigenvalue weighted by Gasteiger charge is -2.09. The van der Waals surface area contributed by atoms with Gasteiger partial charge >= 0.3 is 11.8 Å². The van der Waals surface area contributed by atoms with Gasteiger partial charge in [-0.15, -0.1) is 0 Å². The lowest BCUT2D eigenvalue weighted by molar-refractivity contribution is 0.0907. The third kappa shape index (κ3) is 4.44. The van der Waals surface area contributed by atoms with Crippen LogP contribution < -0.4 is 10.1 Å². The molecule has 0 atom stereocenters. The molecule has 3 aromatic rings. The largest absolute Gasteiger partial charge is 0.491 e. The quantitative estimate of drug-likeness (QED) is 0.731. The van der Waals surface area contributed by atoms with E-state index in [4.69, 9.17) is 9.26 Å². The lowest BCUT2D eigenvalue weighted by Crippen LogP contribution is -2.23. The van der Waals surface area contributed by atoms with Crippen LogP contribution in [0.4, 0.5) is 4.39 Å². The Labute approximate surface area is 150 Å². The Kier molecular flexibility index (Phi) is 5.26. The fourth-order valence-electron chi connectivity index (χ4n) is 2.29. The highest BCUT2D eigenvalue weighted by Gasteiger charge is 2.16. The van der Waals surface area contributed by atoms with E-state index >= 15 is 0 Å². The van der Waals surface area contributed by atoms with Crippen molar-refractivity contribution in [3.8, 4) is 17.1 Å². The van der Waals surface area contributed by atoms with Gasteiger partial charge in [-0.3, -0.25) is 4.79 Å². The molecule has 0 aliphatic carbocycles. The Morgan fingerprint density at radius 3 is 2.69 bits per heavy atom. The molecule has 1 heterocycles. The Balaban J connectivity index is 1.64. The van der Waals surface area contributed by atoms with Crippen LogP contribution in [0.2, 0.25) is 0 Å². The highest BCUT2D eigenvalue weighted by atomic mass is 19.1. The summed E-state index contributed by atoms with van der Waals surface area (Å²) in [5.41, 5.74) is 1.34. The molecule has 26 heavy (non-hydrogen) atoms. The minimum Gasteiger partial charge on any atom is -0.491 e. The van der Waals surface area contributed by atoms with Crippen molar-refractivity contribution in [2.45, 2.75) is 26.5 Å². The maximum absolute atomic E-state index is 13.1. The molecule has 0 unspecified atom stereocenters. The molecule has 1 aromatic heterocycles. The van der Waals surface area contributed by atoms with Gasteiger partial charge in [0.25, 0.3) is 0 Å². The van der Waals surface area contributed by atoms with Gasteiger partial charge in [0, 0.05) is 12.1 Å². The summed E-state index contributed by atoms with van der Waals surface area (Å²) < 4.78 is 23.7. The minimum absolute atomic E-state index is 0.0828. The van der Waals surface area contributed by atoms with Crippen molar-refractivity contribution in [1.29, 1.82) is 0 Å².